The maximum absolute atomic E-state index is 11.5. The average Bonchev–Trinajstić information content (AvgIpc) is 3.04. The first kappa shape index (κ1) is 13.7. The van der Waals surface area contributed by atoms with Gasteiger partial charge in [0.05, 0.1) is 11.3 Å². The summed E-state index contributed by atoms with van der Waals surface area (Å²) in [6, 6.07) is 0. The van der Waals surface area contributed by atoms with E-state index in [-0.39, 0.29) is 21.7 Å². The molecule has 2 rings (SSSR count). The Hall–Kier alpha value is -1.76. The summed E-state index contributed by atoms with van der Waals surface area (Å²) in [7, 11) is 0. The Labute approximate surface area is 115 Å². The van der Waals surface area contributed by atoms with Crippen molar-refractivity contribution in [2.75, 3.05) is 11.1 Å². The highest BCUT2D eigenvalue weighted by Crippen LogP contribution is 2.44. The molecule has 0 spiro atoms. The van der Waals surface area contributed by atoms with Gasteiger partial charge in [-0.2, -0.15) is 0 Å². The Kier molecular flexibility index (Phi) is 3.17. The first-order chi connectivity index (χ1) is 8.74. The van der Waals surface area contributed by atoms with Crippen LogP contribution >= 0.6 is 11.3 Å². The summed E-state index contributed by atoms with van der Waals surface area (Å²) < 4.78 is 0. The van der Waals surface area contributed by atoms with Crippen LogP contribution in [0.15, 0.2) is 0 Å². The second-order valence-corrected chi connectivity index (χ2v) is 6.42. The van der Waals surface area contributed by atoms with Gasteiger partial charge in [-0.3, -0.25) is 9.59 Å². The molecule has 0 unspecified atom stereocenters. The molecule has 0 aromatic carbocycles. The van der Waals surface area contributed by atoms with Crippen LogP contribution in [0, 0.1) is 5.92 Å². The third-order valence-corrected chi connectivity index (χ3v) is 4.58. The summed E-state index contributed by atoms with van der Waals surface area (Å²) in [4.78, 5) is 23.0. The van der Waals surface area contributed by atoms with Crippen LogP contribution in [0.3, 0.4) is 0 Å². The quantitative estimate of drug-likeness (QED) is 0.646. The van der Waals surface area contributed by atoms with Gasteiger partial charge in [-0.15, -0.1) is 11.3 Å². The monoisotopic (exact) mass is 282 g/mol. The van der Waals surface area contributed by atoms with Gasteiger partial charge in [-0.25, -0.2) is 0 Å². The molecule has 1 aromatic heterocycles. The van der Waals surface area contributed by atoms with Crippen LogP contribution in [-0.2, 0) is 0 Å². The lowest BCUT2D eigenvalue weighted by atomic mass is 9.99. The summed E-state index contributed by atoms with van der Waals surface area (Å²) in [5.74, 6) is -0.758. The predicted molar refractivity (Wildman–Crippen MR) is 76.2 cm³/mol. The van der Waals surface area contributed by atoms with E-state index in [2.05, 4.69) is 19.2 Å². The van der Waals surface area contributed by atoms with Crippen molar-refractivity contribution >= 4 is 33.8 Å². The standard InChI is InChI=1S/C12H18N4O2S/c1-12(2,5-3-4-5)16-11-6(9(14)17)7(13)8(19-11)10(15)18/h5,16H,3-4,13H2,1-2H3,(H2,14,17)(H2,15,18). The molecule has 0 atom stereocenters. The number of carbonyl (C=O) groups excluding carboxylic acids is 2. The first-order valence-corrected chi connectivity index (χ1v) is 6.85. The average molecular weight is 282 g/mol. The SMILES string of the molecule is CC(C)(Nc1sc(C(N)=O)c(N)c1C(N)=O)C1CC1. The van der Waals surface area contributed by atoms with Gasteiger partial charge < -0.3 is 22.5 Å². The van der Waals surface area contributed by atoms with Gasteiger partial charge in [0.1, 0.15) is 9.88 Å². The van der Waals surface area contributed by atoms with Gasteiger partial charge in [-0.1, -0.05) is 0 Å². The molecule has 0 saturated heterocycles. The molecule has 7 heteroatoms. The minimum atomic E-state index is -0.657. The molecule has 1 aliphatic carbocycles. The number of hydrogen-bond acceptors (Lipinski definition) is 5. The van der Waals surface area contributed by atoms with E-state index in [1.165, 1.54) is 0 Å². The van der Waals surface area contributed by atoms with Crippen LogP contribution in [0.5, 0.6) is 0 Å². The number of hydrogen-bond donors (Lipinski definition) is 4. The second-order valence-electron chi connectivity index (χ2n) is 5.40. The van der Waals surface area contributed by atoms with Crippen LogP contribution < -0.4 is 22.5 Å². The Balaban J connectivity index is 2.41. The summed E-state index contributed by atoms with van der Waals surface area (Å²) in [5.41, 5.74) is 16.4. The molecule has 1 aliphatic rings. The minimum absolute atomic E-state index is 0.0686. The van der Waals surface area contributed by atoms with Crippen molar-refractivity contribution in [1.29, 1.82) is 0 Å². The van der Waals surface area contributed by atoms with Gasteiger partial charge in [0.2, 0.25) is 0 Å². The number of nitrogens with one attached hydrogen (secondary N) is 1. The number of rotatable bonds is 5. The molecule has 7 N–H and O–H groups in total. The first-order valence-electron chi connectivity index (χ1n) is 6.04. The lowest BCUT2D eigenvalue weighted by Crippen LogP contribution is -2.33. The number of carbonyl (C=O) groups is 2. The third-order valence-electron chi connectivity index (χ3n) is 3.45. The summed E-state index contributed by atoms with van der Waals surface area (Å²) in [5, 5.41) is 3.80. The van der Waals surface area contributed by atoms with Gasteiger partial charge in [0.15, 0.2) is 0 Å². The largest absolute Gasteiger partial charge is 0.397 e. The Bertz CT molecular complexity index is 546. The number of nitrogens with two attached hydrogens (primary N) is 3. The Morgan fingerprint density at radius 1 is 1.26 bits per heavy atom. The van der Waals surface area contributed by atoms with Crippen LogP contribution in [0.25, 0.3) is 0 Å². The molecule has 2 amide bonds. The Morgan fingerprint density at radius 3 is 2.26 bits per heavy atom. The van der Waals surface area contributed by atoms with Gasteiger partial charge >= 0.3 is 0 Å². The van der Waals surface area contributed by atoms with Crippen molar-refractivity contribution in [3.8, 4) is 0 Å². The smallest absolute Gasteiger partial charge is 0.260 e. The van der Waals surface area contributed by atoms with Crippen molar-refractivity contribution in [2.45, 2.75) is 32.2 Å². The van der Waals surface area contributed by atoms with Crippen molar-refractivity contribution in [1.82, 2.24) is 0 Å². The molecule has 0 aliphatic heterocycles. The third kappa shape index (κ3) is 2.51. The van der Waals surface area contributed by atoms with Crippen LogP contribution in [0.4, 0.5) is 10.7 Å². The molecule has 104 valence electrons. The highest BCUT2D eigenvalue weighted by Gasteiger charge is 2.39. The van der Waals surface area contributed by atoms with E-state index in [1.807, 2.05) is 0 Å². The fraction of sp³-hybridized carbons (Fsp3) is 0.500. The maximum Gasteiger partial charge on any atom is 0.260 e. The van der Waals surface area contributed by atoms with Gasteiger partial charge in [0, 0.05) is 5.54 Å². The van der Waals surface area contributed by atoms with E-state index in [0.717, 1.165) is 24.2 Å². The van der Waals surface area contributed by atoms with Gasteiger partial charge in [-0.05, 0) is 32.6 Å². The van der Waals surface area contributed by atoms with Crippen molar-refractivity contribution < 1.29 is 9.59 Å². The fourth-order valence-electron chi connectivity index (χ4n) is 2.16. The molecule has 0 bridgehead atoms. The highest BCUT2D eigenvalue weighted by atomic mass is 32.1. The summed E-state index contributed by atoms with van der Waals surface area (Å²) in [6.07, 6.45) is 2.30. The molecule has 1 aromatic rings. The van der Waals surface area contributed by atoms with Crippen LogP contribution in [0.2, 0.25) is 0 Å². The van der Waals surface area contributed by atoms with Crippen LogP contribution in [0.1, 0.15) is 46.7 Å². The lowest BCUT2D eigenvalue weighted by Gasteiger charge is -2.27. The maximum atomic E-state index is 11.5. The number of amides is 2. The van der Waals surface area contributed by atoms with E-state index in [4.69, 9.17) is 17.2 Å². The fourth-order valence-corrected chi connectivity index (χ4v) is 3.30. The molecule has 6 nitrogen and oxygen atoms in total. The predicted octanol–water partition coefficient (Wildman–Crippen LogP) is 1.13. The van der Waals surface area contributed by atoms with E-state index < -0.39 is 11.8 Å². The molecule has 19 heavy (non-hydrogen) atoms. The topological polar surface area (TPSA) is 124 Å². The molecule has 1 saturated carbocycles. The van der Waals surface area contributed by atoms with E-state index >= 15 is 0 Å². The normalized spacial score (nSPS) is 15.3. The Morgan fingerprint density at radius 2 is 1.84 bits per heavy atom. The van der Waals surface area contributed by atoms with Crippen molar-refractivity contribution in [3.63, 3.8) is 0 Å². The second kappa shape index (κ2) is 4.41. The molecule has 1 fully saturated rings. The molecular formula is C12H18N4O2S. The van der Waals surface area contributed by atoms with Crippen molar-refractivity contribution in [3.05, 3.63) is 10.4 Å². The van der Waals surface area contributed by atoms with E-state index in [0.29, 0.717) is 10.9 Å². The van der Waals surface area contributed by atoms with Gasteiger partial charge in [0.25, 0.3) is 11.8 Å². The zero-order chi connectivity index (χ0) is 14.4. The minimum Gasteiger partial charge on any atom is -0.397 e. The zero-order valence-electron chi connectivity index (χ0n) is 10.9. The molecular weight excluding hydrogens is 264 g/mol. The molecule has 0 radical (unpaired) electrons. The zero-order valence-corrected chi connectivity index (χ0v) is 11.8. The number of thiophene rings is 1. The molecule has 1 heterocycles. The number of anilines is 2. The summed E-state index contributed by atoms with van der Waals surface area (Å²) >= 11 is 1.08. The lowest BCUT2D eigenvalue weighted by molar-refractivity contribution is 0.0999. The van der Waals surface area contributed by atoms with Crippen LogP contribution in [-0.4, -0.2) is 17.4 Å². The van der Waals surface area contributed by atoms with E-state index in [1.54, 1.807) is 0 Å². The van der Waals surface area contributed by atoms with E-state index in [9.17, 15) is 9.59 Å². The summed E-state index contributed by atoms with van der Waals surface area (Å²) in [6.45, 7) is 4.10. The highest BCUT2D eigenvalue weighted by molar-refractivity contribution is 7.19. The van der Waals surface area contributed by atoms with Crippen molar-refractivity contribution in [2.24, 2.45) is 17.4 Å². The number of nitrogen functional groups attached to an aromatic ring is 1. The number of primary amides is 2.